The fourth-order valence-corrected chi connectivity index (χ4v) is 4.36. The maximum absolute atomic E-state index is 13.1. The molecule has 0 spiro atoms. The summed E-state index contributed by atoms with van der Waals surface area (Å²) in [6, 6.07) is 6.66. The van der Waals surface area contributed by atoms with Gasteiger partial charge >= 0.3 is 6.03 Å². The van der Waals surface area contributed by atoms with Gasteiger partial charge in [-0.05, 0) is 63.1 Å². The lowest BCUT2D eigenvalue weighted by Gasteiger charge is -2.43. The van der Waals surface area contributed by atoms with Crippen molar-refractivity contribution in [2.24, 2.45) is 0 Å². The summed E-state index contributed by atoms with van der Waals surface area (Å²) in [4.78, 5) is 17.3. The molecule has 4 bridgehead atoms. The molecular formula is C19H26N2O2. The van der Waals surface area contributed by atoms with Crippen LogP contribution in [0, 0.1) is 0 Å². The van der Waals surface area contributed by atoms with Gasteiger partial charge < -0.3 is 14.5 Å². The number of rotatable bonds is 0. The Morgan fingerprint density at radius 2 is 1.96 bits per heavy atom. The molecule has 4 rings (SSSR count). The minimum Gasteiger partial charge on any atom is -0.485 e. The maximum Gasteiger partial charge on any atom is 0.320 e. The second-order valence-corrected chi connectivity index (χ2v) is 7.59. The molecule has 3 aliphatic rings. The number of likely N-dealkylation sites (tertiary alicyclic amines) is 1. The number of amides is 2. The van der Waals surface area contributed by atoms with Gasteiger partial charge in [0.15, 0.2) is 0 Å². The van der Waals surface area contributed by atoms with E-state index in [2.05, 4.69) is 36.9 Å². The first-order valence-corrected chi connectivity index (χ1v) is 8.91. The van der Waals surface area contributed by atoms with Crippen molar-refractivity contribution in [3.63, 3.8) is 0 Å². The molecule has 0 N–H and O–H groups in total. The molecule has 1 saturated heterocycles. The molecule has 23 heavy (non-hydrogen) atoms. The molecule has 4 nitrogen and oxygen atoms in total. The second kappa shape index (κ2) is 5.43. The Labute approximate surface area is 138 Å². The van der Waals surface area contributed by atoms with Crippen LogP contribution in [0.4, 0.5) is 4.79 Å². The van der Waals surface area contributed by atoms with Crippen molar-refractivity contribution in [2.75, 3.05) is 19.6 Å². The number of urea groups is 1. The summed E-state index contributed by atoms with van der Waals surface area (Å²) in [5, 5.41) is 0. The minimum atomic E-state index is -0.364. The fourth-order valence-electron chi connectivity index (χ4n) is 4.36. The Bertz CT molecular complexity index is 620. The third-order valence-electron chi connectivity index (χ3n) is 5.67. The number of hydrogen-bond donors (Lipinski definition) is 0. The molecular weight excluding hydrogens is 288 g/mol. The first-order valence-electron chi connectivity index (χ1n) is 8.91. The van der Waals surface area contributed by atoms with Gasteiger partial charge in [-0.3, -0.25) is 0 Å². The Balaban J connectivity index is 1.68. The molecule has 1 unspecified atom stereocenters. The fraction of sp³-hybridized carbons (Fsp3) is 0.632. The molecule has 0 aliphatic carbocycles. The van der Waals surface area contributed by atoms with Crippen LogP contribution in [0.1, 0.15) is 44.2 Å². The number of carbonyl (C=O) groups is 1. The quantitative estimate of drug-likeness (QED) is 0.736. The average molecular weight is 314 g/mol. The molecule has 0 aromatic heterocycles. The van der Waals surface area contributed by atoms with E-state index in [0.717, 1.165) is 51.1 Å². The summed E-state index contributed by atoms with van der Waals surface area (Å²) in [7, 11) is 0. The van der Waals surface area contributed by atoms with Gasteiger partial charge in [0.2, 0.25) is 0 Å². The van der Waals surface area contributed by atoms with Crippen molar-refractivity contribution in [1.29, 1.82) is 0 Å². The van der Waals surface area contributed by atoms with Crippen LogP contribution in [0.3, 0.4) is 0 Å². The van der Waals surface area contributed by atoms with Crippen LogP contribution in [0.15, 0.2) is 18.2 Å². The van der Waals surface area contributed by atoms with Gasteiger partial charge in [0.1, 0.15) is 11.4 Å². The molecule has 1 aromatic rings. The third-order valence-corrected chi connectivity index (χ3v) is 5.67. The van der Waals surface area contributed by atoms with Crippen molar-refractivity contribution < 1.29 is 9.53 Å². The van der Waals surface area contributed by atoms with Crippen LogP contribution < -0.4 is 4.74 Å². The molecule has 1 aromatic carbocycles. The third kappa shape index (κ3) is 2.48. The van der Waals surface area contributed by atoms with Gasteiger partial charge in [-0.2, -0.15) is 0 Å². The number of hydrogen-bond acceptors (Lipinski definition) is 2. The molecule has 1 atom stereocenters. The van der Waals surface area contributed by atoms with Crippen LogP contribution in [-0.4, -0.2) is 47.1 Å². The number of nitrogens with zero attached hydrogens (tertiary/aromatic N) is 2. The first kappa shape index (κ1) is 14.9. The smallest absolute Gasteiger partial charge is 0.320 e. The minimum absolute atomic E-state index is 0.0954. The highest BCUT2D eigenvalue weighted by atomic mass is 16.5. The maximum atomic E-state index is 13.1. The molecule has 3 heterocycles. The first-order chi connectivity index (χ1) is 11.1. The summed E-state index contributed by atoms with van der Waals surface area (Å²) >= 11 is 0. The van der Waals surface area contributed by atoms with E-state index < -0.39 is 0 Å². The molecule has 4 heteroatoms. The lowest BCUT2D eigenvalue weighted by molar-refractivity contribution is 0.00781. The van der Waals surface area contributed by atoms with E-state index in [9.17, 15) is 4.79 Å². The Hall–Kier alpha value is -1.71. The number of ether oxygens (including phenoxy) is 1. The van der Waals surface area contributed by atoms with Crippen molar-refractivity contribution >= 4 is 6.03 Å². The van der Waals surface area contributed by atoms with Crippen LogP contribution in [-0.2, 0) is 12.8 Å². The molecule has 124 valence electrons. The zero-order valence-electron chi connectivity index (χ0n) is 14.2. The summed E-state index contributed by atoms with van der Waals surface area (Å²) < 4.78 is 6.34. The van der Waals surface area contributed by atoms with E-state index in [-0.39, 0.29) is 17.7 Å². The van der Waals surface area contributed by atoms with Gasteiger partial charge in [-0.25, -0.2) is 4.79 Å². The highest BCUT2D eigenvalue weighted by Crippen LogP contribution is 2.39. The van der Waals surface area contributed by atoms with Gasteiger partial charge in [-0.1, -0.05) is 12.1 Å². The van der Waals surface area contributed by atoms with Gasteiger partial charge in [-0.15, -0.1) is 0 Å². The zero-order chi connectivity index (χ0) is 16.0. The van der Waals surface area contributed by atoms with Gasteiger partial charge in [0.25, 0.3) is 0 Å². The second-order valence-electron chi connectivity index (χ2n) is 7.59. The highest BCUT2D eigenvalue weighted by Gasteiger charge is 2.44. The lowest BCUT2D eigenvalue weighted by atomic mass is 9.92. The summed E-state index contributed by atoms with van der Waals surface area (Å²) in [5.41, 5.74) is 2.29. The van der Waals surface area contributed by atoms with E-state index in [0.29, 0.717) is 0 Å². The molecule has 3 aliphatic heterocycles. The van der Waals surface area contributed by atoms with E-state index in [1.165, 1.54) is 17.5 Å². The van der Waals surface area contributed by atoms with E-state index >= 15 is 0 Å². The van der Waals surface area contributed by atoms with E-state index in [1.807, 2.05) is 4.90 Å². The Morgan fingerprint density at radius 3 is 2.74 bits per heavy atom. The largest absolute Gasteiger partial charge is 0.485 e. The van der Waals surface area contributed by atoms with Gasteiger partial charge in [0.05, 0.1) is 6.04 Å². The Morgan fingerprint density at radius 1 is 1.17 bits per heavy atom. The molecule has 0 saturated carbocycles. The monoisotopic (exact) mass is 314 g/mol. The number of benzene rings is 1. The molecule has 1 fully saturated rings. The standard InChI is InChI=1S/C19H26N2O2/c1-19(2)17-13-14-7-6-8-16(23-19)15(14)9-12-21(17)18(22)20-10-4-3-5-11-20/h6-8,17H,3-5,9-13H2,1-2H3. The SMILES string of the molecule is CC1(C)Oc2cccc3c2CCN(C(=O)N2CCCCC2)C1C3. The lowest BCUT2D eigenvalue weighted by Crippen LogP contribution is -2.59. The van der Waals surface area contributed by atoms with Crippen molar-refractivity contribution in [1.82, 2.24) is 9.80 Å². The summed E-state index contributed by atoms with van der Waals surface area (Å²) in [5.74, 6) is 1.01. The van der Waals surface area contributed by atoms with E-state index in [4.69, 9.17) is 4.74 Å². The van der Waals surface area contributed by atoms with Gasteiger partial charge in [0, 0.05) is 19.6 Å². The van der Waals surface area contributed by atoms with Crippen LogP contribution in [0.25, 0.3) is 0 Å². The number of fused-ring (bicyclic) bond motifs is 1. The Kier molecular flexibility index (Phi) is 3.51. The normalized spacial score (nSPS) is 25.6. The van der Waals surface area contributed by atoms with Crippen LogP contribution in [0.2, 0.25) is 0 Å². The van der Waals surface area contributed by atoms with Crippen LogP contribution in [0.5, 0.6) is 5.75 Å². The van der Waals surface area contributed by atoms with Crippen LogP contribution >= 0.6 is 0 Å². The average Bonchev–Trinajstić information content (AvgIpc) is 2.77. The predicted octanol–water partition coefficient (Wildman–Crippen LogP) is 3.23. The number of piperidine rings is 1. The summed E-state index contributed by atoms with van der Waals surface area (Å²) in [6.07, 6.45) is 5.31. The predicted molar refractivity (Wildman–Crippen MR) is 89.9 cm³/mol. The molecule has 0 radical (unpaired) electrons. The number of carbonyl (C=O) groups excluding carboxylic acids is 1. The molecule has 2 amide bonds. The zero-order valence-corrected chi connectivity index (χ0v) is 14.2. The van der Waals surface area contributed by atoms with Crippen molar-refractivity contribution in [3.05, 3.63) is 29.3 Å². The topological polar surface area (TPSA) is 32.8 Å². The summed E-state index contributed by atoms with van der Waals surface area (Å²) in [6.45, 7) is 6.86. The highest BCUT2D eigenvalue weighted by molar-refractivity contribution is 5.75. The van der Waals surface area contributed by atoms with Crippen molar-refractivity contribution in [3.8, 4) is 5.75 Å². The van der Waals surface area contributed by atoms with Crippen molar-refractivity contribution in [2.45, 2.75) is 57.6 Å². The van der Waals surface area contributed by atoms with E-state index in [1.54, 1.807) is 0 Å².